The molecule has 0 saturated heterocycles. The molecule has 0 bridgehead atoms. The number of nitro benzene ring substituents is 1. The molecule has 0 spiro atoms. The molecule has 9 heteroatoms. The Morgan fingerprint density at radius 2 is 2.14 bits per heavy atom. The van der Waals surface area contributed by atoms with E-state index in [1.807, 2.05) is 6.26 Å². The van der Waals surface area contributed by atoms with Gasteiger partial charge in [0.1, 0.15) is 0 Å². The largest absolute Gasteiger partial charge is 0.289 e. The van der Waals surface area contributed by atoms with Gasteiger partial charge >= 0.3 is 0 Å². The molecule has 2 rings (SSSR count). The van der Waals surface area contributed by atoms with Crippen molar-refractivity contribution in [3.63, 3.8) is 0 Å². The van der Waals surface area contributed by atoms with E-state index in [4.69, 9.17) is 0 Å². The fraction of sp³-hybridized carbons (Fsp3) is 0.500. The highest BCUT2D eigenvalue weighted by Crippen LogP contribution is 2.32. The fourth-order valence-electron chi connectivity index (χ4n) is 2.46. The van der Waals surface area contributed by atoms with Gasteiger partial charge < -0.3 is 0 Å². The molecule has 1 aliphatic carbocycles. The van der Waals surface area contributed by atoms with Crippen LogP contribution in [0.1, 0.15) is 19.3 Å². The molecule has 6 nitrogen and oxygen atoms in total. The lowest BCUT2D eigenvalue weighted by molar-refractivity contribution is -0.387. The monoisotopic (exact) mass is 394 g/mol. The predicted molar refractivity (Wildman–Crippen MR) is 86.1 cm³/mol. The van der Waals surface area contributed by atoms with Crippen molar-refractivity contribution in [1.82, 2.24) is 4.72 Å². The molecule has 21 heavy (non-hydrogen) atoms. The molecule has 0 aromatic heterocycles. The van der Waals surface area contributed by atoms with Crippen LogP contribution in [0.4, 0.5) is 5.69 Å². The van der Waals surface area contributed by atoms with Gasteiger partial charge in [0.05, 0.1) is 4.92 Å². The maximum absolute atomic E-state index is 12.5. The molecule has 116 valence electrons. The van der Waals surface area contributed by atoms with Crippen molar-refractivity contribution in [2.45, 2.75) is 35.4 Å². The fourth-order valence-corrected chi connectivity index (χ4v) is 5.50. The zero-order valence-corrected chi connectivity index (χ0v) is 14.5. The molecule has 0 heterocycles. The average molecular weight is 395 g/mol. The number of benzene rings is 1. The second-order valence-electron chi connectivity index (χ2n) is 4.80. The molecule has 1 aliphatic rings. The summed E-state index contributed by atoms with van der Waals surface area (Å²) in [5.74, 6) is 0. The third kappa shape index (κ3) is 3.77. The van der Waals surface area contributed by atoms with E-state index in [0.717, 1.165) is 19.3 Å². The maximum atomic E-state index is 12.5. The number of nitro groups is 1. The van der Waals surface area contributed by atoms with Crippen LogP contribution in [0, 0.1) is 10.1 Å². The van der Waals surface area contributed by atoms with E-state index in [0.29, 0.717) is 4.47 Å². The molecule has 1 saturated carbocycles. The summed E-state index contributed by atoms with van der Waals surface area (Å²) in [6.07, 6.45) is 4.61. The Morgan fingerprint density at radius 3 is 2.76 bits per heavy atom. The minimum absolute atomic E-state index is 0.177. The van der Waals surface area contributed by atoms with Crippen LogP contribution < -0.4 is 4.72 Å². The van der Waals surface area contributed by atoms with Gasteiger partial charge in [-0.1, -0.05) is 22.4 Å². The highest BCUT2D eigenvalue weighted by Gasteiger charge is 2.33. The molecule has 0 aliphatic heterocycles. The number of nitrogens with zero attached hydrogens (tertiary/aromatic N) is 1. The summed E-state index contributed by atoms with van der Waals surface area (Å²) in [4.78, 5) is 10.1. The van der Waals surface area contributed by atoms with Crippen LogP contribution in [0.15, 0.2) is 27.6 Å². The second kappa shape index (κ2) is 6.64. The Bertz CT molecular complexity index is 651. The summed E-state index contributed by atoms with van der Waals surface area (Å²) in [6.45, 7) is 0. The van der Waals surface area contributed by atoms with E-state index in [1.54, 1.807) is 11.8 Å². The molecule has 1 aromatic carbocycles. The first kappa shape index (κ1) is 16.7. The van der Waals surface area contributed by atoms with Gasteiger partial charge in [0.15, 0.2) is 4.90 Å². The standard InChI is InChI=1S/C12H15BrN2O4S2/c1-20-11-4-2-3-9(11)14-21(18,19)12-7-8(13)5-6-10(12)15(16)17/h5-7,9,11,14H,2-4H2,1H3. The number of sulfonamides is 1. The first-order valence-electron chi connectivity index (χ1n) is 6.34. The van der Waals surface area contributed by atoms with Crippen LogP contribution in [-0.4, -0.2) is 30.9 Å². The molecule has 1 fully saturated rings. The lowest BCUT2D eigenvalue weighted by Gasteiger charge is -2.19. The molecule has 2 atom stereocenters. The third-order valence-electron chi connectivity index (χ3n) is 3.47. The minimum atomic E-state index is -3.92. The SMILES string of the molecule is CSC1CCCC1NS(=O)(=O)c1cc(Br)ccc1[N+](=O)[O-]. The second-order valence-corrected chi connectivity index (χ2v) is 8.48. The summed E-state index contributed by atoms with van der Waals surface area (Å²) in [5, 5.41) is 11.2. The number of nitrogens with one attached hydrogen (secondary N) is 1. The topological polar surface area (TPSA) is 89.3 Å². The van der Waals surface area contributed by atoms with E-state index in [1.165, 1.54) is 18.2 Å². The van der Waals surface area contributed by atoms with Crippen LogP contribution in [0.25, 0.3) is 0 Å². The summed E-state index contributed by atoms with van der Waals surface area (Å²) in [7, 11) is -3.92. The highest BCUT2D eigenvalue weighted by atomic mass is 79.9. The van der Waals surface area contributed by atoms with Crippen molar-refractivity contribution in [3.8, 4) is 0 Å². The zero-order valence-electron chi connectivity index (χ0n) is 11.3. The van der Waals surface area contributed by atoms with Crippen LogP contribution in [-0.2, 0) is 10.0 Å². The normalized spacial score (nSPS) is 22.4. The number of halogens is 1. The van der Waals surface area contributed by atoms with Crippen molar-refractivity contribution in [2.75, 3.05) is 6.26 Å². The van der Waals surface area contributed by atoms with Gasteiger partial charge in [-0.2, -0.15) is 11.8 Å². The smallest absolute Gasteiger partial charge is 0.258 e. The Morgan fingerprint density at radius 1 is 1.43 bits per heavy atom. The van der Waals surface area contributed by atoms with Gasteiger partial charge in [0.25, 0.3) is 5.69 Å². The number of rotatable bonds is 5. The summed E-state index contributed by atoms with van der Waals surface area (Å²) in [5.41, 5.74) is -0.413. The van der Waals surface area contributed by atoms with Crippen molar-refractivity contribution >= 4 is 43.4 Å². The first-order chi connectivity index (χ1) is 9.85. The highest BCUT2D eigenvalue weighted by molar-refractivity contribution is 9.10. The van der Waals surface area contributed by atoms with E-state index in [2.05, 4.69) is 20.7 Å². The first-order valence-corrected chi connectivity index (χ1v) is 9.90. The summed E-state index contributed by atoms with van der Waals surface area (Å²) < 4.78 is 28.1. The van der Waals surface area contributed by atoms with Crippen molar-refractivity contribution in [2.24, 2.45) is 0 Å². The van der Waals surface area contributed by atoms with Gasteiger partial charge in [0, 0.05) is 21.8 Å². The number of thioether (sulfide) groups is 1. The maximum Gasteiger partial charge on any atom is 0.289 e. The summed E-state index contributed by atoms with van der Waals surface area (Å²) >= 11 is 4.78. The van der Waals surface area contributed by atoms with Crippen LogP contribution in [0.3, 0.4) is 0 Å². The lowest BCUT2D eigenvalue weighted by atomic mass is 10.3. The van der Waals surface area contributed by atoms with Crippen LogP contribution in [0.5, 0.6) is 0 Å². The van der Waals surface area contributed by atoms with Crippen molar-refractivity contribution < 1.29 is 13.3 Å². The van der Waals surface area contributed by atoms with E-state index in [-0.39, 0.29) is 16.2 Å². The van der Waals surface area contributed by atoms with E-state index < -0.39 is 20.6 Å². The minimum Gasteiger partial charge on any atom is -0.258 e. The Kier molecular flexibility index (Phi) is 5.29. The van der Waals surface area contributed by atoms with Crippen molar-refractivity contribution in [1.29, 1.82) is 0 Å². The van der Waals surface area contributed by atoms with Gasteiger partial charge in [0.2, 0.25) is 10.0 Å². The van der Waals surface area contributed by atoms with Crippen molar-refractivity contribution in [3.05, 3.63) is 32.8 Å². The number of hydrogen-bond acceptors (Lipinski definition) is 5. The molecular formula is C12H15BrN2O4S2. The molecule has 1 aromatic rings. The molecular weight excluding hydrogens is 380 g/mol. The van der Waals surface area contributed by atoms with Gasteiger partial charge in [-0.25, -0.2) is 13.1 Å². The zero-order chi connectivity index (χ0) is 15.6. The molecule has 2 unspecified atom stereocenters. The Balaban J connectivity index is 2.35. The molecule has 1 N–H and O–H groups in total. The quantitative estimate of drug-likeness (QED) is 0.612. The van der Waals surface area contributed by atoms with Crippen LogP contribution in [0.2, 0.25) is 0 Å². The summed E-state index contributed by atoms with van der Waals surface area (Å²) in [6, 6.07) is 3.74. The van der Waals surface area contributed by atoms with Crippen LogP contribution >= 0.6 is 27.7 Å². The predicted octanol–water partition coefficient (Wildman–Crippen LogP) is 2.92. The average Bonchev–Trinajstić information content (AvgIpc) is 2.84. The molecule has 0 amide bonds. The Hall–Kier alpha value is -0.640. The number of hydrogen-bond donors (Lipinski definition) is 1. The van der Waals surface area contributed by atoms with Gasteiger partial charge in [-0.3, -0.25) is 10.1 Å². The molecule has 0 radical (unpaired) electrons. The van der Waals surface area contributed by atoms with E-state index in [9.17, 15) is 18.5 Å². The lowest BCUT2D eigenvalue weighted by Crippen LogP contribution is -2.38. The Labute approximate surface area is 136 Å². The van der Waals surface area contributed by atoms with Gasteiger partial charge in [-0.05, 0) is 31.2 Å². The third-order valence-corrected chi connectivity index (χ3v) is 6.65. The van der Waals surface area contributed by atoms with Gasteiger partial charge in [-0.15, -0.1) is 0 Å². The van der Waals surface area contributed by atoms with E-state index >= 15 is 0 Å².